The molecule has 2 amide bonds. The zero-order chi connectivity index (χ0) is 16.9. The highest BCUT2D eigenvalue weighted by Crippen LogP contribution is 2.21. The van der Waals surface area contributed by atoms with Gasteiger partial charge in [0.1, 0.15) is 0 Å². The van der Waals surface area contributed by atoms with Crippen molar-refractivity contribution in [1.82, 2.24) is 25.5 Å². The van der Waals surface area contributed by atoms with Crippen molar-refractivity contribution in [2.75, 3.05) is 20.1 Å². The molecule has 1 fully saturated rings. The molecule has 1 unspecified atom stereocenters. The third-order valence-corrected chi connectivity index (χ3v) is 4.80. The Kier molecular flexibility index (Phi) is 5.17. The Morgan fingerprint density at radius 3 is 2.92 bits per heavy atom. The normalized spacial score (nSPS) is 18.2. The van der Waals surface area contributed by atoms with E-state index in [0.717, 1.165) is 10.4 Å². The average molecular weight is 345 g/mol. The van der Waals surface area contributed by atoms with E-state index >= 15 is 0 Å². The number of thiophene rings is 1. The number of amides is 2. The molecule has 1 aliphatic heterocycles. The molecule has 0 aromatic carbocycles. The molecule has 24 heavy (non-hydrogen) atoms. The molecule has 3 heterocycles. The van der Waals surface area contributed by atoms with Crippen molar-refractivity contribution >= 4 is 23.2 Å². The van der Waals surface area contributed by atoms with E-state index in [2.05, 4.69) is 20.6 Å². The Bertz CT molecular complexity index is 702. The van der Waals surface area contributed by atoms with Crippen LogP contribution in [-0.4, -0.2) is 52.9 Å². The van der Waals surface area contributed by atoms with E-state index in [1.807, 2.05) is 22.4 Å². The van der Waals surface area contributed by atoms with Crippen LogP contribution in [0.3, 0.4) is 0 Å². The fourth-order valence-electron chi connectivity index (χ4n) is 2.65. The summed E-state index contributed by atoms with van der Waals surface area (Å²) in [5, 5.41) is 7.37. The maximum absolute atomic E-state index is 12.1. The molecule has 126 valence electrons. The second-order valence-corrected chi connectivity index (χ2v) is 6.49. The van der Waals surface area contributed by atoms with Gasteiger partial charge in [0, 0.05) is 44.6 Å². The smallest absolute Gasteiger partial charge is 0.237 e. The SMILES string of the molecule is CNC(=O)CC1C(=O)NCCN1Cc1cnc(-c2cccs2)nc1. The lowest BCUT2D eigenvalue weighted by atomic mass is 10.1. The summed E-state index contributed by atoms with van der Waals surface area (Å²) < 4.78 is 0. The number of hydrogen-bond donors (Lipinski definition) is 2. The fourth-order valence-corrected chi connectivity index (χ4v) is 3.33. The number of rotatable bonds is 5. The maximum atomic E-state index is 12.1. The van der Waals surface area contributed by atoms with Crippen molar-refractivity contribution in [3.8, 4) is 10.7 Å². The first kappa shape index (κ1) is 16.5. The van der Waals surface area contributed by atoms with Crippen molar-refractivity contribution in [3.05, 3.63) is 35.5 Å². The van der Waals surface area contributed by atoms with E-state index in [0.29, 0.717) is 25.5 Å². The molecule has 2 aromatic heterocycles. The van der Waals surface area contributed by atoms with Gasteiger partial charge >= 0.3 is 0 Å². The van der Waals surface area contributed by atoms with E-state index in [1.165, 1.54) is 0 Å². The second kappa shape index (κ2) is 7.50. The summed E-state index contributed by atoms with van der Waals surface area (Å²) >= 11 is 1.59. The van der Waals surface area contributed by atoms with Crippen molar-refractivity contribution < 1.29 is 9.59 Å². The molecule has 7 nitrogen and oxygen atoms in total. The number of nitrogens with one attached hydrogen (secondary N) is 2. The molecule has 3 rings (SSSR count). The van der Waals surface area contributed by atoms with Crippen LogP contribution in [0.15, 0.2) is 29.9 Å². The summed E-state index contributed by atoms with van der Waals surface area (Å²) in [6.07, 6.45) is 3.72. The summed E-state index contributed by atoms with van der Waals surface area (Å²) in [5.74, 6) is 0.444. The van der Waals surface area contributed by atoms with Crippen LogP contribution in [0.2, 0.25) is 0 Å². The van der Waals surface area contributed by atoms with Crippen molar-refractivity contribution in [2.45, 2.75) is 19.0 Å². The summed E-state index contributed by atoms with van der Waals surface area (Å²) in [6, 6.07) is 3.48. The van der Waals surface area contributed by atoms with Crippen LogP contribution in [0.25, 0.3) is 10.7 Å². The quantitative estimate of drug-likeness (QED) is 0.830. The van der Waals surface area contributed by atoms with Gasteiger partial charge in [0.15, 0.2) is 5.82 Å². The molecular weight excluding hydrogens is 326 g/mol. The Labute approximate surface area is 144 Å². The molecule has 0 saturated carbocycles. The number of aromatic nitrogens is 2. The highest BCUT2D eigenvalue weighted by molar-refractivity contribution is 7.13. The molecule has 0 aliphatic carbocycles. The Morgan fingerprint density at radius 2 is 2.25 bits per heavy atom. The molecule has 8 heteroatoms. The predicted molar refractivity (Wildman–Crippen MR) is 91.2 cm³/mol. The molecule has 1 aliphatic rings. The number of carbonyl (C=O) groups is 2. The minimum atomic E-state index is -0.462. The zero-order valence-electron chi connectivity index (χ0n) is 13.4. The van der Waals surface area contributed by atoms with Gasteiger partial charge < -0.3 is 10.6 Å². The van der Waals surface area contributed by atoms with E-state index in [-0.39, 0.29) is 18.2 Å². The van der Waals surface area contributed by atoms with Gasteiger partial charge in [-0.3, -0.25) is 14.5 Å². The largest absolute Gasteiger partial charge is 0.359 e. The van der Waals surface area contributed by atoms with Crippen LogP contribution >= 0.6 is 11.3 Å². The van der Waals surface area contributed by atoms with Gasteiger partial charge in [0.25, 0.3) is 0 Å². The van der Waals surface area contributed by atoms with E-state index in [4.69, 9.17) is 0 Å². The Hall–Kier alpha value is -2.32. The van der Waals surface area contributed by atoms with Gasteiger partial charge in [0.05, 0.1) is 17.3 Å². The summed E-state index contributed by atoms with van der Waals surface area (Å²) in [7, 11) is 1.57. The predicted octanol–water partition coefficient (Wildman–Crippen LogP) is 0.642. The number of carbonyl (C=O) groups excluding carboxylic acids is 2. The topological polar surface area (TPSA) is 87.2 Å². The van der Waals surface area contributed by atoms with Crippen LogP contribution < -0.4 is 10.6 Å². The van der Waals surface area contributed by atoms with Gasteiger partial charge in [-0.15, -0.1) is 11.3 Å². The molecule has 0 radical (unpaired) electrons. The van der Waals surface area contributed by atoms with Crippen molar-refractivity contribution in [1.29, 1.82) is 0 Å². The highest BCUT2D eigenvalue weighted by atomic mass is 32.1. The van der Waals surface area contributed by atoms with Crippen LogP contribution in [-0.2, 0) is 16.1 Å². The number of hydrogen-bond acceptors (Lipinski definition) is 6. The van der Waals surface area contributed by atoms with Crippen molar-refractivity contribution in [2.24, 2.45) is 0 Å². The van der Waals surface area contributed by atoms with Gasteiger partial charge in [-0.2, -0.15) is 0 Å². The summed E-state index contributed by atoms with van der Waals surface area (Å²) in [4.78, 5) is 35.6. The minimum Gasteiger partial charge on any atom is -0.359 e. The first-order valence-electron chi connectivity index (χ1n) is 7.74. The first-order valence-corrected chi connectivity index (χ1v) is 8.62. The lowest BCUT2D eigenvalue weighted by Gasteiger charge is -2.34. The maximum Gasteiger partial charge on any atom is 0.237 e. The van der Waals surface area contributed by atoms with Crippen LogP contribution in [0, 0.1) is 0 Å². The summed E-state index contributed by atoms with van der Waals surface area (Å²) in [6.45, 7) is 1.82. The van der Waals surface area contributed by atoms with Crippen molar-refractivity contribution in [3.63, 3.8) is 0 Å². The number of piperazine rings is 1. The highest BCUT2D eigenvalue weighted by Gasteiger charge is 2.31. The van der Waals surface area contributed by atoms with Gasteiger partial charge in [-0.1, -0.05) is 6.07 Å². The van der Waals surface area contributed by atoms with E-state index in [1.54, 1.807) is 30.8 Å². The van der Waals surface area contributed by atoms with Gasteiger partial charge in [-0.25, -0.2) is 9.97 Å². The third kappa shape index (κ3) is 3.77. The monoisotopic (exact) mass is 345 g/mol. The van der Waals surface area contributed by atoms with Gasteiger partial charge in [0.2, 0.25) is 11.8 Å². The molecule has 1 atom stereocenters. The summed E-state index contributed by atoms with van der Waals surface area (Å²) in [5.41, 5.74) is 0.923. The zero-order valence-corrected chi connectivity index (χ0v) is 14.2. The molecule has 2 aromatic rings. The third-order valence-electron chi connectivity index (χ3n) is 3.93. The molecule has 1 saturated heterocycles. The lowest BCUT2D eigenvalue weighted by molar-refractivity contribution is -0.134. The standard InChI is InChI=1S/C16H19N5O2S/c1-17-14(22)7-12-16(23)18-4-5-21(12)10-11-8-19-15(20-9-11)13-3-2-6-24-13/h2-3,6,8-9,12H,4-5,7,10H2,1H3,(H,17,22)(H,18,23). The first-order chi connectivity index (χ1) is 11.7. The number of nitrogens with zero attached hydrogens (tertiary/aromatic N) is 3. The molecule has 0 spiro atoms. The Morgan fingerprint density at radius 1 is 1.46 bits per heavy atom. The van der Waals surface area contributed by atoms with E-state index < -0.39 is 6.04 Å². The van der Waals surface area contributed by atoms with Crippen LogP contribution in [0.5, 0.6) is 0 Å². The Balaban J connectivity index is 1.70. The van der Waals surface area contributed by atoms with Gasteiger partial charge in [-0.05, 0) is 11.4 Å². The molecule has 0 bridgehead atoms. The minimum absolute atomic E-state index is 0.110. The van der Waals surface area contributed by atoms with Crippen LogP contribution in [0.1, 0.15) is 12.0 Å². The van der Waals surface area contributed by atoms with Crippen LogP contribution in [0.4, 0.5) is 0 Å². The molecular formula is C16H19N5O2S. The second-order valence-electron chi connectivity index (χ2n) is 5.55. The van der Waals surface area contributed by atoms with E-state index in [9.17, 15) is 9.59 Å². The lowest BCUT2D eigenvalue weighted by Crippen LogP contribution is -2.56. The fraction of sp³-hybridized carbons (Fsp3) is 0.375. The molecule has 2 N–H and O–H groups in total. The average Bonchev–Trinajstić information content (AvgIpc) is 3.13.